The van der Waals surface area contributed by atoms with E-state index in [-0.39, 0.29) is 6.79 Å². The Morgan fingerprint density at radius 1 is 1.23 bits per heavy atom. The molecule has 1 fully saturated rings. The molecule has 0 aliphatic carbocycles. The van der Waals surface area contributed by atoms with Gasteiger partial charge in [0.15, 0.2) is 11.5 Å². The van der Waals surface area contributed by atoms with E-state index in [9.17, 15) is 5.11 Å². The van der Waals surface area contributed by atoms with Crippen molar-refractivity contribution in [3.8, 4) is 17.2 Å². The van der Waals surface area contributed by atoms with Crippen LogP contribution >= 0.6 is 0 Å². The lowest BCUT2D eigenvalue weighted by atomic mass is 9.97. The van der Waals surface area contributed by atoms with Gasteiger partial charge < -0.3 is 24.2 Å². The molecule has 0 radical (unpaired) electrons. The molecule has 0 bridgehead atoms. The number of rotatable bonds is 5. The van der Waals surface area contributed by atoms with Gasteiger partial charge in [0.2, 0.25) is 6.79 Å². The second kappa shape index (κ2) is 6.75. The number of aliphatic hydroxyl groups is 1. The number of fused-ring (bicyclic) bond motifs is 1. The van der Waals surface area contributed by atoms with E-state index in [2.05, 4.69) is 13.8 Å². The number of quaternary nitrogens is 1. The van der Waals surface area contributed by atoms with Gasteiger partial charge in [-0.05, 0) is 45.2 Å². The summed E-state index contributed by atoms with van der Waals surface area (Å²) in [6, 6.07) is 6.73. The SMILES string of the molecule is C[C@@H]1CCC[C@@H](C)[NH+]1C[C@H](O)COc1ccc2c(c1)OCO2. The van der Waals surface area contributed by atoms with Crippen LogP contribution in [0.15, 0.2) is 18.2 Å². The fourth-order valence-corrected chi connectivity index (χ4v) is 3.48. The molecule has 0 saturated carbocycles. The van der Waals surface area contributed by atoms with Gasteiger partial charge in [-0.25, -0.2) is 0 Å². The summed E-state index contributed by atoms with van der Waals surface area (Å²) in [6.45, 7) is 5.86. The number of ether oxygens (including phenoxy) is 3. The van der Waals surface area contributed by atoms with Crippen LogP contribution in [0.5, 0.6) is 17.2 Å². The second-order valence-corrected chi connectivity index (χ2v) is 6.49. The molecule has 2 aliphatic rings. The first-order chi connectivity index (χ1) is 10.6. The maximum absolute atomic E-state index is 10.3. The van der Waals surface area contributed by atoms with Gasteiger partial charge in [0.05, 0.1) is 12.1 Å². The molecule has 0 aromatic heterocycles. The number of aliphatic hydroxyl groups excluding tert-OH is 1. The number of likely N-dealkylation sites (tertiary alicyclic amines) is 1. The lowest BCUT2D eigenvalue weighted by Crippen LogP contribution is -3.20. The molecule has 2 aliphatic heterocycles. The molecular formula is C17H26NO4+. The van der Waals surface area contributed by atoms with Crippen molar-refractivity contribution in [1.29, 1.82) is 0 Å². The van der Waals surface area contributed by atoms with Gasteiger partial charge in [-0.2, -0.15) is 0 Å². The largest absolute Gasteiger partial charge is 0.491 e. The van der Waals surface area contributed by atoms with E-state index in [4.69, 9.17) is 14.2 Å². The van der Waals surface area contributed by atoms with E-state index < -0.39 is 6.10 Å². The Labute approximate surface area is 131 Å². The summed E-state index contributed by atoms with van der Waals surface area (Å²) in [5.74, 6) is 2.15. The molecule has 1 aromatic rings. The number of hydrogen-bond acceptors (Lipinski definition) is 4. The Hall–Kier alpha value is -1.46. The van der Waals surface area contributed by atoms with Crippen molar-refractivity contribution in [3.63, 3.8) is 0 Å². The van der Waals surface area contributed by atoms with Crippen LogP contribution in [-0.2, 0) is 0 Å². The molecular weight excluding hydrogens is 282 g/mol. The molecule has 5 nitrogen and oxygen atoms in total. The zero-order valence-electron chi connectivity index (χ0n) is 13.4. The molecule has 5 heteroatoms. The van der Waals surface area contributed by atoms with Crippen LogP contribution in [0.4, 0.5) is 0 Å². The highest BCUT2D eigenvalue weighted by Crippen LogP contribution is 2.35. The van der Waals surface area contributed by atoms with Crippen molar-refractivity contribution in [2.75, 3.05) is 19.9 Å². The van der Waals surface area contributed by atoms with Gasteiger partial charge in [0.25, 0.3) is 0 Å². The number of hydrogen-bond donors (Lipinski definition) is 2. The van der Waals surface area contributed by atoms with Crippen LogP contribution in [0.1, 0.15) is 33.1 Å². The third kappa shape index (κ3) is 3.47. The fourth-order valence-electron chi connectivity index (χ4n) is 3.48. The molecule has 0 amide bonds. The normalized spacial score (nSPS) is 26.0. The predicted octanol–water partition coefficient (Wildman–Crippen LogP) is 1.00. The summed E-state index contributed by atoms with van der Waals surface area (Å²) in [7, 11) is 0. The summed E-state index contributed by atoms with van der Waals surface area (Å²) in [4.78, 5) is 1.49. The van der Waals surface area contributed by atoms with Crippen LogP contribution in [-0.4, -0.2) is 43.2 Å². The standard InChI is InChI=1S/C17H25NO4/c1-12-4-3-5-13(2)18(12)9-14(19)10-20-15-6-7-16-17(8-15)22-11-21-16/h6-8,12-14,19H,3-5,9-11H2,1-2H3/p+1/t12-,13-,14+/m1/s1. The average molecular weight is 308 g/mol. The van der Waals surface area contributed by atoms with Crippen molar-refractivity contribution in [1.82, 2.24) is 0 Å². The molecule has 3 atom stereocenters. The van der Waals surface area contributed by atoms with E-state index in [0.29, 0.717) is 30.2 Å². The Morgan fingerprint density at radius 2 is 1.95 bits per heavy atom. The molecule has 22 heavy (non-hydrogen) atoms. The monoisotopic (exact) mass is 308 g/mol. The quantitative estimate of drug-likeness (QED) is 0.852. The first kappa shape index (κ1) is 15.4. The van der Waals surface area contributed by atoms with Crippen molar-refractivity contribution < 1.29 is 24.2 Å². The van der Waals surface area contributed by atoms with Crippen molar-refractivity contribution in [2.24, 2.45) is 0 Å². The fraction of sp³-hybridized carbons (Fsp3) is 0.647. The zero-order valence-corrected chi connectivity index (χ0v) is 13.4. The Bertz CT molecular complexity index is 497. The van der Waals surface area contributed by atoms with E-state index in [1.807, 2.05) is 18.2 Å². The maximum atomic E-state index is 10.3. The van der Waals surface area contributed by atoms with Crippen molar-refractivity contribution >= 4 is 0 Å². The predicted molar refractivity (Wildman–Crippen MR) is 82.7 cm³/mol. The summed E-state index contributed by atoms with van der Waals surface area (Å²) < 4.78 is 16.3. The van der Waals surface area contributed by atoms with Gasteiger partial charge in [-0.3, -0.25) is 0 Å². The minimum Gasteiger partial charge on any atom is -0.491 e. The minimum absolute atomic E-state index is 0.259. The van der Waals surface area contributed by atoms with Crippen LogP contribution in [0.3, 0.4) is 0 Å². The van der Waals surface area contributed by atoms with E-state index in [1.165, 1.54) is 24.2 Å². The summed E-state index contributed by atoms with van der Waals surface area (Å²) >= 11 is 0. The van der Waals surface area contributed by atoms with Gasteiger partial charge >= 0.3 is 0 Å². The van der Waals surface area contributed by atoms with Crippen LogP contribution in [0.2, 0.25) is 0 Å². The Kier molecular flexibility index (Phi) is 4.74. The molecule has 2 heterocycles. The van der Waals surface area contributed by atoms with E-state index in [1.54, 1.807) is 0 Å². The molecule has 1 saturated heterocycles. The molecule has 3 rings (SSSR count). The minimum atomic E-state index is -0.455. The number of piperidine rings is 1. The molecule has 122 valence electrons. The van der Waals surface area contributed by atoms with Crippen molar-refractivity contribution in [2.45, 2.75) is 51.3 Å². The van der Waals surface area contributed by atoms with Crippen molar-refractivity contribution in [3.05, 3.63) is 18.2 Å². The smallest absolute Gasteiger partial charge is 0.231 e. The Balaban J connectivity index is 1.50. The zero-order chi connectivity index (χ0) is 15.5. The molecule has 0 unspecified atom stereocenters. The van der Waals surface area contributed by atoms with Gasteiger partial charge in [0.1, 0.15) is 25.0 Å². The summed E-state index contributed by atoms with van der Waals surface area (Å²) in [5.41, 5.74) is 0. The molecule has 2 N–H and O–H groups in total. The van der Waals surface area contributed by atoms with Gasteiger partial charge in [-0.1, -0.05) is 0 Å². The average Bonchev–Trinajstić information content (AvgIpc) is 2.96. The summed E-state index contributed by atoms with van der Waals surface area (Å²) in [5, 5.41) is 10.3. The molecule has 0 spiro atoms. The highest BCUT2D eigenvalue weighted by Gasteiger charge is 2.30. The third-order valence-electron chi connectivity index (χ3n) is 4.80. The topological polar surface area (TPSA) is 52.4 Å². The highest BCUT2D eigenvalue weighted by atomic mass is 16.7. The number of benzene rings is 1. The second-order valence-electron chi connectivity index (χ2n) is 6.49. The highest BCUT2D eigenvalue weighted by molar-refractivity contribution is 5.46. The first-order valence-electron chi connectivity index (χ1n) is 8.19. The first-order valence-corrected chi connectivity index (χ1v) is 8.19. The van der Waals surface area contributed by atoms with Gasteiger partial charge in [0, 0.05) is 6.07 Å². The number of nitrogens with one attached hydrogen (secondary N) is 1. The van der Waals surface area contributed by atoms with Crippen LogP contribution < -0.4 is 19.1 Å². The maximum Gasteiger partial charge on any atom is 0.231 e. The lowest BCUT2D eigenvalue weighted by Gasteiger charge is -2.36. The third-order valence-corrected chi connectivity index (χ3v) is 4.80. The Morgan fingerprint density at radius 3 is 2.73 bits per heavy atom. The lowest BCUT2D eigenvalue weighted by molar-refractivity contribution is -0.954. The van der Waals surface area contributed by atoms with Crippen LogP contribution in [0.25, 0.3) is 0 Å². The van der Waals surface area contributed by atoms with E-state index >= 15 is 0 Å². The van der Waals surface area contributed by atoms with E-state index in [0.717, 1.165) is 12.3 Å². The molecule has 1 aromatic carbocycles. The summed E-state index contributed by atoms with van der Waals surface area (Å²) in [6.07, 6.45) is 3.34. The van der Waals surface area contributed by atoms with Gasteiger partial charge in [-0.15, -0.1) is 0 Å². The van der Waals surface area contributed by atoms with Crippen LogP contribution in [0, 0.1) is 0 Å².